The summed E-state index contributed by atoms with van der Waals surface area (Å²) < 4.78 is 10.5. The molecule has 104 valence electrons. The second-order valence-corrected chi connectivity index (χ2v) is 4.40. The van der Waals surface area contributed by atoms with Gasteiger partial charge in [-0.05, 0) is 12.1 Å². The third-order valence-corrected chi connectivity index (χ3v) is 3.10. The predicted octanol–water partition coefficient (Wildman–Crippen LogP) is 0.672. The summed E-state index contributed by atoms with van der Waals surface area (Å²) in [7, 11) is 0. The average Bonchev–Trinajstić information content (AvgIpc) is 2.98. The van der Waals surface area contributed by atoms with Crippen LogP contribution in [-0.2, 0) is 4.74 Å². The first-order valence-corrected chi connectivity index (χ1v) is 6.28. The van der Waals surface area contributed by atoms with Crippen LogP contribution in [0.2, 0.25) is 0 Å². The maximum absolute atomic E-state index is 11.0. The third kappa shape index (κ3) is 2.48. The van der Waals surface area contributed by atoms with Gasteiger partial charge in [-0.15, -0.1) is 0 Å². The molecule has 0 radical (unpaired) electrons. The van der Waals surface area contributed by atoms with Crippen LogP contribution in [0.5, 0.6) is 0 Å². The maximum atomic E-state index is 11.0. The number of morpholine rings is 1. The predicted molar refractivity (Wildman–Crippen MR) is 71.3 cm³/mol. The number of carbonyl (C=O) groups excluding carboxylic acids is 1. The molecule has 1 amide bonds. The van der Waals surface area contributed by atoms with Crippen molar-refractivity contribution >= 4 is 11.6 Å². The number of rotatable bonds is 3. The van der Waals surface area contributed by atoms with Crippen LogP contribution in [0.15, 0.2) is 29.0 Å². The van der Waals surface area contributed by atoms with E-state index >= 15 is 0 Å². The van der Waals surface area contributed by atoms with Gasteiger partial charge in [0, 0.05) is 13.1 Å². The third-order valence-electron chi connectivity index (χ3n) is 3.10. The van der Waals surface area contributed by atoms with E-state index in [1.165, 1.54) is 6.26 Å². The Morgan fingerprint density at radius 2 is 2.10 bits per heavy atom. The van der Waals surface area contributed by atoms with Gasteiger partial charge >= 0.3 is 0 Å². The minimum absolute atomic E-state index is 0.0963. The topological polar surface area (TPSA) is 94.5 Å². The molecule has 2 aromatic heterocycles. The molecule has 1 saturated heterocycles. The molecule has 3 heterocycles. The van der Waals surface area contributed by atoms with E-state index in [1.807, 2.05) is 6.07 Å². The fourth-order valence-corrected chi connectivity index (χ4v) is 2.03. The lowest BCUT2D eigenvalue weighted by molar-refractivity contribution is 0.0995. The van der Waals surface area contributed by atoms with Crippen LogP contribution in [0.4, 0.5) is 5.69 Å². The largest absolute Gasteiger partial charge is 0.442 e. The zero-order valence-electron chi connectivity index (χ0n) is 10.8. The highest BCUT2D eigenvalue weighted by Gasteiger charge is 2.14. The van der Waals surface area contributed by atoms with Gasteiger partial charge in [0.05, 0.1) is 25.1 Å². The molecule has 1 aliphatic heterocycles. The highest BCUT2D eigenvalue weighted by molar-refractivity contribution is 5.90. The second kappa shape index (κ2) is 5.30. The Bertz CT molecular complexity index is 602. The summed E-state index contributed by atoms with van der Waals surface area (Å²) in [6, 6.07) is 3.75. The van der Waals surface area contributed by atoms with Crippen LogP contribution >= 0.6 is 0 Å². The monoisotopic (exact) mass is 274 g/mol. The smallest absolute Gasteiger partial charge is 0.270 e. The molecule has 0 atom stereocenters. The summed E-state index contributed by atoms with van der Waals surface area (Å²) in [5, 5.41) is 0. The van der Waals surface area contributed by atoms with Crippen molar-refractivity contribution in [1.82, 2.24) is 9.97 Å². The van der Waals surface area contributed by atoms with E-state index in [2.05, 4.69) is 14.9 Å². The first-order valence-electron chi connectivity index (χ1n) is 6.28. The molecule has 0 aliphatic carbocycles. The average molecular weight is 274 g/mol. The lowest BCUT2D eigenvalue weighted by Crippen LogP contribution is -2.36. The molecule has 7 nitrogen and oxygen atoms in total. The fraction of sp³-hybridized carbons (Fsp3) is 0.308. The quantitative estimate of drug-likeness (QED) is 0.884. The Hall–Kier alpha value is -2.41. The SMILES string of the molecule is NC(=O)c1coc(-c2ccc(N3CCOCC3)cn2)n1. The van der Waals surface area contributed by atoms with E-state index in [-0.39, 0.29) is 11.6 Å². The molecule has 0 bridgehead atoms. The zero-order valence-corrected chi connectivity index (χ0v) is 10.8. The van der Waals surface area contributed by atoms with Crippen LogP contribution < -0.4 is 10.6 Å². The van der Waals surface area contributed by atoms with E-state index in [1.54, 1.807) is 12.3 Å². The van der Waals surface area contributed by atoms with Crippen molar-refractivity contribution in [3.05, 3.63) is 30.3 Å². The standard InChI is InChI=1S/C13H14N4O3/c14-12(18)11-8-20-13(16-11)10-2-1-9(7-15-10)17-3-5-19-6-4-17/h1-2,7-8H,3-6H2,(H2,14,18). The summed E-state index contributed by atoms with van der Waals surface area (Å²) >= 11 is 0. The zero-order chi connectivity index (χ0) is 13.9. The normalized spacial score (nSPS) is 15.3. The number of nitrogens with two attached hydrogens (primary N) is 1. The van der Waals surface area contributed by atoms with E-state index in [9.17, 15) is 4.79 Å². The van der Waals surface area contributed by atoms with Gasteiger partial charge in [-0.2, -0.15) is 0 Å². The summed E-state index contributed by atoms with van der Waals surface area (Å²) in [5.41, 5.74) is 6.81. The van der Waals surface area contributed by atoms with E-state index in [4.69, 9.17) is 14.9 Å². The number of carbonyl (C=O) groups is 1. The highest BCUT2D eigenvalue weighted by atomic mass is 16.5. The molecule has 7 heteroatoms. The molecule has 0 aromatic carbocycles. The van der Waals surface area contributed by atoms with Crippen molar-refractivity contribution in [2.45, 2.75) is 0 Å². The Morgan fingerprint density at radius 1 is 1.30 bits per heavy atom. The van der Waals surface area contributed by atoms with Gasteiger partial charge in [0.2, 0.25) is 5.89 Å². The first kappa shape index (κ1) is 12.6. The van der Waals surface area contributed by atoms with Crippen molar-refractivity contribution in [2.24, 2.45) is 5.73 Å². The number of amides is 1. The number of oxazole rings is 1. The molecule has 2 aromatic rings. The minimum atomic E-state index is -0.620. The van der Waals surface area contributed by atoms with Gasteiger partial charge in [0.25, 0.3) is 5.91 Å². The number of pyridine rings is 1. The molecule has 0 saturated carbocycles. The lowest BCUT2D eigenvalue weighted by atomic mass is 10.3. The maximum Gasteiger partial charge on any atom is 0.270 e. The van der Waals surface area contributed by atoms with E-state index in [0.717, 1.165) is 32.0 Å². The van der Waals surface area contributed by atoms with Crippen molar-refractivity contribution in [3.63, 3.8) is 0 Å². The van der Waals surface area contributed by atoms with Crippen molar-refractivity contribution in [1.29, 1.82) is 0 Å². The number of hydrogen-bond donors (Lipinski definition) is 1. The number of hydrogen-bond acceptors (Lipinski definition) is 6. The molecule has 0 unspecified atom stereocenters. The van der Waals surface area contributed by atoms with Gasteiger partial charge in [-0.1, -0.05) is 0 Å². The second-order valence-electron chi connectivity index (χ2n) is 4.40. The van der Waals surface area contributed by atoms with Crippen molar-refractivity contribution in [2.75, 3.05) is 31.2 Å². The lowest BCUT2D eigenvalue weighted by Gasteiger charge is -2.28. The molecule has 2 N–H and O–H groups in total. The molecule has 20 heavy (non-hydrogen) atoms. The number of primary amides is 1. The number of aromatic nitrogens is 2. The molecular formula is C13H14N4O3. The Morgan fingerprint density at radius 3 is 2.70 bits per heavy atom. The molecule has 0 spiro atoms. The van der Waals surface area contributed by atoms with Crippen LogP contribution in [0.3, 0.4) is 0 Å². The molecule has 1 fully saturated rings. The number of ether oxygens (including phenoxy) is 1. The summed E-state index contributed by atoms with van der Waals surface area (Å²) in [4.78, 5) is 21.5. The van der Waals surface area contributed by atoms with Gasteiger partial charge < -0.3 is 19.8 Å². The molecule has 3 rings (SSSR count). The molecule has 1 aliphatic rings. The summed E-state index contributed by atoms with van der Waals surface area (Å²) in [6.07, 6.45) is 2.99. The number of anilines is 1. The molecular weight excluding hydrogens is 260 g/mol. The van der Waals surface area contributed by atoms with Crippen LogP contribution in [-0.4, -0.2) is 42.2 Å². The van der Waals surface area contributed by atoms with Crippen LogP contribution in [0.25, 0.3) is 11.6 Å². The Labute approximate surface area is 115 Å². The summed E-state index contributed by atoms with van der Waals surface area (Å²) in [5.74, 6) is -0.336. The van der Waals surface area contributed by atoms with Crippen molar-refractivity contribution < 1.29 is 13.9 Å². The van der Waals surface area contributed by atoms with Crippen LogP contribution in [0, 0.1) is 0 Å². The van der Waals surface area contributed by atoms with Crippen molar-refractivity contribution in [3.8, 4) is 11.6 Å². The van der Waals surface area contributed by atoms with Gasteiger partial charge in [0.15, 0.2) is 5.69 Å². The minimum Gasteiger partial charge on any atom is -0.442 e. The van der Waals surface area contributed by atoms with Gasteiger partial charge in [-0.25, -0.2) is 9.97 Å². The number of nitrogens with zero attached hydrogens (tertiary/aromatic N) is 3. The first-order chi connectivity index (χ1) is 9.74. The Kier molecular flexibility index (Phi) is 3.34. The fourth-order valence-electron chi connectivity index (χ4n) is 2.03. The van der Waals surface area contributed by atoms with E-state index in [0.29, 0.717) is 5.69 Å². The van der Waals surface area contributed by atoms with Gasteiger partial charge in [0.1, 0.15) is 12.0 Å². The summed E-state index contributed by atoms with van der Waals surface area (Å²) in [6.45, 7) is 3.16. The Balaban J connectivity index is 1.79. The van der Waals surface area contributed by atoms with E-state index < -0.39 is 5.91 Å². The highest BCUT2D eigenvalue weighted by Crippen LogP contribution is 2.20. The van der Waals surface area contributed by atoms with Gasteiger partial charge in [-0.3, -0.25) is 4.79 Å². The van der Waals surface area contributed by atoms with Crippen LogP contribution in [0.1, 0.15) is 10.5 Å².